The lowest BCUT2D eigenvalue weighted by atomic mass is 10.0. The van der Waals surface area contributed by atoms with Crippen LogP contribution in [0.15, 0.2) is 41.7 Å². The molecule has 0 bridgehead atoms. The number of nitriles is 1. The van der Waals surface area contributed by atoms with Gasteiger partial charge < -0.3 is 15.5 Å². The van der Waals surface area contributed by atoms with E-state index in [0.717, 1.165) is 0 Å². The summed E-state index contributed by atoms with van der Waals surface area (Å²) >= 11 is 0. The van der Waals surface area contributed by atoms with Gasteiger partial charge >= 0.3 is 0 Å². The van der Waals surface area contributed by atoms with E-state index in [4.69, 9.17) is 5.26 Å². The Morgan fingerprint density at radius 2 is 1.95 bits per heavy atom. The molecule has 0 aromatic heterocycles. The predicted molar refractivity (Wildman–Crippen MR) is 75.9 cm³/mol. The van der Waals surface area contributed by atoms with Crippen LogP contribution in [-0.4, -0.2) is 21.7 Å². The van der Waals surface area contributed by atoms with Crippen LogP contribution in [0.1, 0.15) is 26.7 Å². The number of aliphatic hydroxyl groups excluding tert-OH is 1. The van der Waals surface area contributed by atoms with Gasteiger partial charge in [0.1, 0.15) is 5.76 Å². The highest BCUT2D eigenvalue weighted by Gasteiger charge is 2.19. The number of rotatable bonds is 5. The lowest BCUT2D eigenvalue weighted by Gasteiger charge is -2.16. The molecule has 0 aliphatic rings. The van der Waals surface area contributed by atoms with Gasteiger partial charge in [0.15, 0.2) is 0 Å². The Bertz CT molecular complexity index is 536. The largest absolute Gasteiger partial charge is 0.511 e. The van der Waals surface area contributed by atoms with Crippen LogP contribution < -0.4 is 5.32 Å². The SMILES string of the molecule is CC(C)(O)CC(O)=C(C#N)CC(=O)Nc1ccccc1. The summed E-state index contributed by atoms with van der Waals surface area (Å²) in [6.07, 6.45) is -0.304. The van der Waals surface area contributed by atoms with Gasteiger partial charge in [0, 0.05) is 12.1 Å². The fraction of sp³-hybridized carbons (Fsp3) is 0.333. The van der Waals surface area contributed by atoms with E-state index >= 15 is 0 Å². The fourth-order valence-corrected chi connectivity index (χ4v) is 1.61. The summed E-state index contributed by atoms with van der Waals surface area (Å²) in [6, 6.07) is 10.6. The van der Waals surface area contributed by atoms with Crippen LogP contribution in [-0.2, 0) is 4.79 Å². The highest BCUT2D eigenvalue weighted by Crippen LogP contribution is 2.18. The number of carbonyl (C=O) groups excluding carboxylic acids is 1. The quantitative estimate of drug-likeness (QED) is 0.568. The van der Waals surface area contributed by atoms with Gasteiger partial charge in [0.25, 0.3) is 0 Å². The van der Waals surface area contributed by atoms with Crippen LogP contribution in [0.5, 0.6) is 0 Å². The molecule has 0 heterocycles. The van der Waals surface area contributed by atoms with Crippen molar-refractivity contribution in [3.05, 3.63) is 41.7 Å². The minimum Gasteiger partial charge on any atom is -0.511 e. The second-order valence-corrected chi connectivity index (χ2v) is 5.12. The van der Waals surface area contributed by atoms with Gasteiger partial charge in [-0.05, 0) is 26.0 Å². The molecule has 5 heteroatoms. The fourth-order valence-electron chi connectivity index (χ4n) is 1.61. The number of hydrogen-bond donors (Lipinski definition) is 3. The van der Waals surface area contributed by atoms with Gasteiger partial charge in [-0.15, -0.1) is 0 Å². The lowest BCUT2D eigenvalue weighted by Crippen LogP contribution is -2.20. The molecule has 0 atom stereocenters. The summed E-state index contributed by atoms with van der Waals surface area (Å²) in [5.41, 5.74) is -0.556. The first-order valence-electron chi connectivity index (χ1n) is 6.20. The van der Waals surface area contributed by atoms with E-state index in [1.54, 1.807) is 30.3 Å². The van der Waals surface area contributed by atoms with E-state index in [0.29, 0.717) is 5.69 Å². The van der Waals surface area contributed by atoms with E-state index in [9.17, 15) is 15.0 Å². The van der Waals surface area contributed by atoms with Gasteiger partial charge in [0.2, 0.25) is 5.91 Å². The van der Waals surface area contributed by atoms with Crippen molar-refractivity contribution in [3.63, 3.8) is 0 Å². The van der Waals surface area contributed by atoms with Gasteiger partial charge in [-0.25, -0.2) is 0 Å². The predicted octanol–water partition coefficient (Wildman–Crippen LogP) is 2.51. The van der Waals surface area contributed by atoms with E-state index in [1.165, 1.54) is 13.8 Å². The second kappa shape index (κ2) is 6.73. The summed E-state index contributed by atoms with van der Waals surface area (Å²) < 4.78 is 0. The zero-order chi connectivity index (χ0) is 15.2. The van der Waals surface area contributed by atoms with Crippen molar-refractivity contribution >= 4 is 11.6 Å². The molecule has 0 aliphatic heterocycles. The third-order valence-corrected chi connectivity index (χ3v) is 2.48. The van der Waals surface area contributed by atoms with Crippen LogP contribution in [0.3, 0.4) is 0 Å². The van der Waals surface area contributed by atoms with Gasteiger partial charge in [-0.1, -0.05) is 18.2 Å². The molecular weight excluding hydrogens is 256 g/mol. The van der Waals surface area contributed by atoms with E-state index < -0.39 is 11.5 Å². The van der Waals surface area contributed by atoms with E-state index in [-0.39, 0.29) is 24.2 Å². The van der Waals surface area contributed by atoms with Gasteiger partial charge in [-0.2, -0.15) is 5.26 Å². The van der Waals surface area contributed by atoms with Crippen molar-refractivity contribution < 1.29 is 15.0 Å². The van der Waals surface area contributed by atoms with E-state index in [2.05, 4.69) is 5.32 Å². The van der Waals surface area contributed by atoms with Gasteiger partial charge in [0.05, 0.1) is 23.7 Å². The Labute approximate surface area is 118 Å². The molecule has 0 radical (unpaired) electrons. The highest BCUT2D eigenvalue weighted by molar-refractivity contribution is 5.92. The Kier molecular flexibility index (Phi) is 5.30. The van der Waals surface area contributed by atoms with Crippen LogP contribution in [0, 0.1) is 11.3 Å². The van der Waals surface area contributed by atoms with Crippen LogP contribution in [0.25, 0.3) is 0 Å². The second-order valence-electron chi connectivity index (χ2n) is 5.12. The third kappa shape index (κ3) is 5.55. The number of benzene rings is 1. The first kappa shape index (κ1) is 15.7. The van der Waals surface area contributed by atoms with Gasteiger partial charge in [-0.3, -0.25) is 4.79 Å². The normalized spacial score (nSPS) is 12.3. The summed E-state index contributed by atoms with van der Waals surface area (Å²) in [7, 11) is 0. The maximum Gasteiger partial charge on any atom is 0.229 e. The van der Waals surface area contributed by atoms with Crippen molar-refractivity contribution in [1.82, 2.24) is 0 Å². The first-order chi connectivity index (χ1) is 9.31. The molecule has 3 N–H and O–H groups in total. The molecule has 20 heavy (non-hydrogen) atoms. The Hall–Kier alpha value is -2.32. The van der Waals surface area contributed by atoms with Crippen molar-refractivity contribution in [1.29, 1.82) is 5.26 Å². The zero-order valence-corrected chi connectivity index (χ0v) is 11.6. The summed E-state index contributed by atoms with van der Waals surface area (Å²) in [5, 5.41) is 31.0. The molecule has 5 nitrogen and oxygen atoms in total. The Balaban J connectivity index is 2.72. The number of nitrogens with one attached hydrogen (secondary N) is 1. The molecule has 106 valence electrons. The molecule has 1 aromatic carbocycles. The molecule has 0 saturated carbocycles. The number of carbonyl (C=O) groups is 1. The summed E-state index contributed by atoms with van der Waals surface area (Å²) in [5.74, 6) is -0.654. The molecule has 1 rings (SSSR count). The maximum absolute atomic E-state index is 11.8. The van der Waals surface area contributed by atoms with Crippen molar-refractivity contribution in [3.8, 4) is 6.07 Å². The molecule has 1 aromatic rings. The average molecular weight is 274 g/mol. The zero-order valence-electron chi connectivity index (χ0n) is 11.6. The van der Waals surface area contributed by atoms with Crippen LogP contribution in [0.4, 0.5) is 5.69 Å². The summed E-state index contributed by atoms with van der Waals surface area (Å²) in [6.45, 7) is 3.03. The van der Waals surface area contributed by atoms with Crippen molar-refractivity contribution in [2.75, 3.05) is 5.32 Å². The summed E-state index contributed by atoms with van der Waals surface area (Å²) in [4.78, 5) is 11.8. The molecule has 0 saturated heterocycles. The third-order valence-electron chi connectivity index (χ3n) is 2.48. The number of aliphatic hydroxyl groups is 2. The standard InChI is InChI=1S/C15H18N2O3/c1-15(2,20)9-13(18)11(10-16)8-14(19)17-12-6-4-3-5-7-12/h3-7,18,20H,8-9H2,1-2H3,(H,17,19). The average Bonchev–Trinajstić information content (AvgIpc) is 2.35. The molecule has 0 fully saturated rings. The lowest BCUT2D eigenvalue weighted by molar-refractivity contribution is -0.115. The number of nitrogens with zero attached hydrogens (tertiary/aromatic N) is 1. The molecular formula is C15H18N2O3. The highest BCUT2D eigenvalue weighted by atomic mass is 16.3. The number of para-hydroxylation sites is 1. The minimum absolute atomic E-state index is 0.0412. The first-order valence-corrected chi connectivity index (χ1v) is 6.20. The Morgan fingerprint density at radius 1 is 1.35 bits per heavy atom. The number of anilines is 1. The monoisotopic (exact) mass is 274 g/mol. The van der Waals surface area contributed by atoms with E-state index in [1.807, 2.05) is 6.07 Å². The van der Waals surface area contributed by atoms with Crippen LogP contribution in [0.2, 0.25) is 0 Å². The van der Waals surface area contributed by atoms with Crippen molar-refractivity contribution in [2.24, 2.45) is 0 Å². The number of hydrogen-bond acceptors (Lipinski definition) is 4. The smallest absolute Gasteiger partial charge is 0.229 e. The van der Waals surface area contributed by atoms with Crippen molar-refractivity contribution in [2.45, 2.75) is 32.3 Å². The topological polar surface area (TPSA) is 93.3 Å². The molecule has 0 spiro atoms. The minimum atomic E-state index is -1.14. The molecule has 1 amide bonds. The maximum atomic E-state index is 11.8. The Morgan fingerprint density at radius 3 is 2.45 bits per heavy atom. The van der Waals surface area contributed by atoms with Crippen LogP contribution >= 0.6 is 0 Å². The molecule has 0 aliphatic carbocycles. The number of amides is 1. The molecule has 0 unspecified atom stereocenters.